The molecule has 0 aliphatic heterocycles. The Bertz CT molecular complexity index is 2040. The normalized spacial score (nSPS) is 15.2. The molecule has 4 aromatic carbocycles. The van der Waals surface area contributed by atoms with Gasteiger partial charge in [0.1, 0.15) is 40.1 Å². The molecule has 2 atom stereocenters. The fourth-order valence-corrected chi connectivity index (χ4v) is 6.59. The molecule has 4 aromatic rings. The molecule has 1 aliphatic rings. The monoisotopic (exact) mass is 648 g/mol. The van der Waals surface area contributed by atoms with Crippen molar-refractivity contribution < 1.29 is 40.2 Å². The third-order valence-electron chi connectivity index (χ3n) is 8.86. The third kappa shape index (κ3) is 6.01. The molecule has 0 saturated carbocycles. The number of allylic oxidation sites excluding steroid dienone is 4. The number of hydrogen-bond acceptors (Lipinski definition) is 8. The largest absolute Gasteiger partial charge is 0.508 e. The van der Waals surface area contributed by atoms with Crippen molar-refractivity contribution in [3.63, 3.8) is 0 Å². The molecule has 8 heteroatoms. The van der Waals surface area contributed by atoms with Gasteiger partial charge in [0.2, 0.25) is 5.78 Å². The van der Waals surface area contributed by atoms with Crippen LogP contribution in [0.15, 0.2) is 71.8 Å². The summed E-state index contributed by atoms with van der Waals surface area (Å²) in [5.41, 5.74) is 3.48. The topological polar surface area (TPSA) is 156 Å². The van der Waals surface area contributed by atoms with Crippen molar-refractivity contribution in [3.8, 4) is 34.5 Å². The number of ketones is 2. The molecule has 0 heterocycles. The van der Waals surface area contributed by atoms with Gasteiger partial charge < -0.3 is 30.6 Å². The molecule has 2 unspecified atom stereocenters. The average Bonchev–Trinajstić information content (AvgIpc) is 3.27. The molecule has 0 aromatic heterocycles. The number of rotatable bonds is 8. The zero-order chi connectivity index (χ0) is 35.2. The Kier molecular flexibility index (Phi) is 9.13. The van der Waals surface area contributed by atoms with Crippen LogP contribution in [0.25, 0.3) is 0 Å². The molecule has 0 fully saturated rings. The number of phenols is 6. The minimum atomic E-state index is -1.31. The number of Topliss-reactive ketones (excluding diaryl/α,β-unsaturated/α-hetero) is 1. The second-order valence-electron chi connectivity index (χ2n) is 13.1. The SMILES string of the molecule is CC(C)=CCc1ccc(O)c(C(=O)c2c(O)cc(C)cc2C2C(=O)c3cc(C)cc(O)c3C2c2c(O)ccc(CC=C(C)C)c2O)c1O. The maximum absolute atomic E-state index is 14.5. The van der Waals surface area contributed by atoms with Crippen molar-refractivity contribution >= 4 is 11.6 Å². The smallest absolute Gasteiger partial charge is 0.204 e. The average molecular weight is 649 g/mol. The molecular weight excluding hydrogens is 608 g/mol. The fraction of sp³-hybridized carbons (Fsp3) is 0.250. The molecule has 248 valence electrons. The van der Waals surface area contributed by atoms with Crippen LogP contribution in [0.2, 0.25) is 0 Å². The predicted octanol–water partition coefficient (Wildman–Crippen LogP) is 7.90. The Hall–Kier alpha value is -5.50. The summed E-state index contributed by atoms with van der Waals surface area (Å²) in [5, 5.41) is 67.7. The van der Waals surface area contributed by atoms with Crippen LogP contribution in [0.1, 0.15) is 105 Å². The summed E-state index contributed by atoms with van der Waals surface area (Å²) in [4.78, 5) is 28.9. The molecule has 0 spiro atoms. The summed E-state index contributed by atoms with van der Waals surface area (Å²) in [5.74, 6) is -6.22. The van der Waals surface area contributed by atoms with E-state index >= 15 is 0 Å². The third-order valence-corrected chi connectivity index (χ3v) is 8.86. The van der Waals surface area contributed by atoms with Gasteiger partial charge in [0.05, 0.1) is 11.5 Å². The second-order valence-corrected chi connectivity index (χ2v) is 13.1. The van der Waals surface area contributed by atoms with Gasteiger partial charge in [0.25, 0.3) is 0 Å². The lowest BCUT2D eigenvalue weighted by Crippen LogP contribution is -2.18. The first-order valence-electron chi connectivity index (χ1n) is 15.7. The predicted molar refractivity (Wildman–Crippen MR) is 184 cm³/mol. The molecular formula is C40H40O8. The number of carbonyl (C=O) groups is 2. The van der Waals surface area contributed by atoms with Gasteiger partial charge in [-0.2, -0.15) is 0 Å². The van der Waals surface area contributed by atoms with Crippen LogP contribution in [0.4, 0.5) is 0 Å². The number of aryl methyl sites for hydroxylation is 2. The van der Waals surface area contributed by atoms with E-state index in [9.17, 15) is 40.2 Å². The minimum Gasteiger partial charge on any atom is -0.508 e. The van der Waals surface area contributed by atoms with E-state index in [1.165, 1.54) is 30.3 Å². The van der Waals surface area contributed by atoms with Crippen molar-refractivity contribution in [2.75, 3.05) is 0 Å². The lowest BCUT2D eigenvalue weighted by Gasteiger charge is -2.26. The number of phenolic OH excluding ortho intramolecular Hbond substituents is 6. The van der Waals surface area contributed by atoms with Crippen molar-refractivity contribution in [1.29, 1.82) is 0 Å². The number of aromatic hydroxyl groups is 6. The molecule has 0 radical (unpaired) electrons. The van der Waals surface area contributed by atoms with Crippen molar-refractivity contribution in [3.05, 3.63) is 127 Å². The lowest BCUT2D eigenvalue weighted by atomic mass is 9.76. The van der Waals surface area contributed by atoms with E-state index in [1.54, 1.807) is 32.0 Å². The standard InChI is InChI=1S/C40H40O8/c1-19(2)7-9-23-11-13-27(41)34(37(23)45)36-31-26(16-22(6)17-29(31)43)39(47)33(36)25-15-21(5)18-30(44)32(25)40(48)35-28(42)14-12-24(38(35)46)10-8-20(3)4/h7-8,11-18,33,36,41-46H,9-10H2,1-6H3. The van der Waals surface area contributed by atoms with Gasteiger partial charge in [-0.15, -0.1) is 0 Å². The molecule has 5 rings (SSSR count). The second kappa shape index (κ2) is 13.0. The number of carbonyl (C=O) groups excluding carboxylic acids is 2. The van der Waals surface area contributed by atoms with E-state index in [1.807, 2.05) is 39.8 Å². The van der Waals surface area contributed by atoms with Gasteiger partial charge in [0.15, 0.2) is 5.78 Å². The van der Waals surface area contributed by atoms with Crippen LogP contribution in [0, 0.1) is 13.8 Å². The van der Waals surface area contributed by atoms with Gasteiger partial charge in [-0.3, -0.25) is 9.59 Å². The summed E-state index contributed by atoms with van der Waals surface area (Å²) < 4.78 is 0. The van der Waals surface area contributed by atoms with E-state index in [-0.39, 0.29) is 51.5 Å². The van der Waals surface area contributed by atoms with Crippen molar-refractivity contribution in [2.45, 2.75) is 66.2 Å². The summed E-state index contributed by atoms with van der Waals surface area (Å²) in [6.45, 7) is 11.0. The van der Waals surface area contributed by atoms with Gasteiger partial charge in [0, 0.05) is 22.6 Å². The molecule has 8 nitrogen and oxygen atoms in total. The fourth-order valence-electron chi connectivity index (χ4n) is 6.59. The molecule has 0 amide bonds. The van der Waals surface area contributed by atoms with E-state index < -0.39 is 46.2 Å². The first kappa shape index (κ1) is 33.9. The van der Waals surface area contributed by atoms with Crippen LogP contribution in [0.5, 0.6) is 34.5 Å². The van der Waals surface area contributed by atoms with Crippen molar-refractivity contribution in [1.82, 2.24) is 0 Å². The highest BCUT2D eigenvalue weighted by Crippen LogP contribution is 2.57. The van der Waals surface area contributed by atoms with Gasteiger partial charge in [-0.25, -0.2) is 0 Å². The van der Waals surface area contributed by atoms with Crippen LogP contribution < -0.4 is 0 Å². The summed E-state index contributed by atoms with van der Waals surface area (Å²) in [6.07, 6.45) is 4.37. The van der Waals surface area contributed by atoms with Crippen LogP contribution >= 0.6 is 0 Å². The maximum atomic E-state index is 14.5. The number of hydrogen-bond donors (Lipinski definition) is 6. The van der Waals surface area contributed by atoms with E-state index in [2.05, 4.69) is 0 Å². The number of fused-ring (bicyclic) bond motifs is 1. The van der Waals surface area contributed by atoms with E-state index in [0.29, 0.717) is 28.7 Å². The highest BCUT2D eigenvalue weighted by Gasteiger charge is 2.47. The zero-order valence-electron chi connectivity index (χ0n) is 27.8. The Morgan fingerprint density at radius 2 is 1.17 bits per heavy atom. The van der Waals surface area contributed by atoms with Crippen LogP contribution in [-0.4, -0.2) is 42.2 Å². The van der Waals surface area contributed by atoms with Crippen LogP contribution in [0.3, 0.4) is 0 Å². The first-order valence-corrected chi connectivity index (χ1v) is 15.7. The van der Waals surface area contributed by atoms with E-state index in [4.69, 9.17) is 0 Å². The van der Waals surface area contributed by atoms with E-state index in [0.717, 1.165) is 11.1 Å². The highest BCUT2D eigenvalue weighted by molar-refractivity contribution is 6.17. The van der Waals surface area contributed by atoms with Gasteiger partial charge in [-0.05, 0) is 113 Å². The highest BCUT2D eigenvalue weighted by atomic mass is 16.3. The maximum Gasteiger partial charge on any atom is 0.204 e. The molecule has 0 saturated heterocycles. The molecule has 0 bridgehead atoms. The Balaban J connectivity index is 1.81. The van der Waals surface area contributed by atoms with Crippen molar-refractivity contribution in [2.24, 2.45) is 0 Å². The van der Waals surface area contributed by atoms with Gasteiger partial charge >= 0.3 is 0 Å². The Labute approximate surface area is 279 Å². The molecule has 48 heavy (non-hydrogen) atoms. The number of benzene rings is 4. The quantitative estimate of drug-likeness (QED) is 0.0832. The minimum absolute atomic E-state index is 0.0141. The Morgan fingerprint density at radius 3 is 1.77 bits per heavy atom. The van der Waals surface area contributed by atoms with Gasteiger partial charge in [-0.1, -0.05) is 41.5 Å². The summed E-state index contributed by atoms with van der Waals surface area (Å²) in [7, 11) is 0. The summed E-state index contributed by atoms with van der Waals surface area (Å²) >= 11 is 0. The Morgan fingerprint density at radius 1 is 0.625 bits per heavy atom. The lowest BCUT2D eigenvalue weighted by molar-refractivity contribution is 0.0967. The first-order chi connectivity index (χ1) is 22.6. The molecule has 1 aliphatic carbocycles. The molecule has 6 N–H and O–H groups in total. The summed E-state index contributed by atoms with van der Waals surface area (Å²) in [6, 6.07) is 11.8. The zero-order valence-corrected chi connectivity index (χ0v) is 27.8. The van der Waals surface area contributed by atoms with Crippen LogP contribution in [-0.2, 0) is 12.8 Å².